The Morgan fingerprint density at radius 1 is 1.36 bits per heavy atom. The molecule has 22 heavy (non-hydrogen) atoms. The summed E-state index contributed by atoms with van der Waals surface area (Å²) in [5, 5.41) is 4.50. The van der Waals surface area contributed by atoms with Gasteiger partial charge in [-0.2, -0.15) is 4.98 Å². The Hall–Kier alpha value is -2.61. The van der Waals surface area contributed by atoms with Crippen molar-refractivity contribution in [3.63, 3.8) is 0 Å². The number of ether oxygens (including phenoxy) is 1. The second kappa shape index (κ2) is 6.02. The van der Waals surface area contributed by atoms with Crippen molar-refractivity contribution in [1.29, 1.82) is 0 Å². The summed E-state index contributed by atoms with van der Waals surface area (Å²) < 4.78 is 23.0. The van der Waals surface area contributed by atoms with E-state index in [1.807, 2.05) is 0 Å². The number of esters is 1. The largest absolute Gasteiger partial charge is 0.453 e. The van der Waals surface area contributed by atoms with E-state index >= 15 is 0 Å². The Balaban J connectivity index is 1.64. The molecule has 0 fully saturated rings. The van der Waals surface area contributed by atoms with Gasteiger partial charge in [0.15, 0.2) is 6.61 Å². The Morgan fingerprint density at radius 3 is 2.82 bits per heavy atom. The maximum Gasteiger partial charge on any atom is 0.350 e. The van der Waals surface area contributed by atoms with Crippen LogP contribution in [-0.4, -0.2) is 21.1 Å². The van der Waals surface area contributed by atoms with Crippen LogP contribution in [0, 0.1) is 12.7 Å². The fraction of sp³-hybridized carbons (Fsp3) is 0.143. The number of carbonyl (C=O) groups excluding carboxylic acids is 1. The van der Waals surface area contributed by atoms with Crippen LogP contribution in [0.3, 0.4) is 0 Å². The first-order chi connectivity index (χ1) is 10.6. The molecule has 0 amide bonds. The summed E-state index contributed by atoms with van der Waals surface area (Å²) in [6.45, 7) is 1.69. The van der Waals surface area contributed by atoms with E-state index in [9.17, 15) is 9.18 Å². The minimum atomic E-state index is -0.487. The van der Waals surface area contributed by atoms with Gasteiger partial charge in [-0.05, 0) is 31.2 Å². The SMILES string of the molecule is Cc1ncc(C(=O)OCc2noc(-c3ccc(F)cc3)n2)s1. The molecule has 0 spiro atoms. The molecule has 0 radical (unpaired) electrons. The van der Waals surface area contributed by atoms with Gasteiger partial charge in [0.2, 0.25) is 5.82 Å². The van der Waals surface area contributed by atoms with Gasteiger partial charge >= 0.3 is 5.97 Å². The molecule has 0 N–H and O–H groups in total. The molecule has 0 unspecified atom stereocenters. The lowest BCUT2D eigenvalue weighted by atomic mass is 10.2. The highest BCUT2D eigenvalue weighted by Crippen LogP contribution is 2.18. The monoisotopic (exact) mass is 319 g/mol. The smallest absolute Gasteiger partial charge is 0.350 e. The Bertz CT molecular complexity index is 798. The first kappa shape index (κ1) is 14.3. The lowest BCUT2D eigenvalue weighted by Gasteiger charge is -1.97. The van der Waals surface area contributed by atoms with E-state index in [2.05, 4.69) is 15.1 Å². The van der Waals surface area contributed by atoms with Crippen LogP contribution in [0.25, 0.3) is 11.5 Å². The Labute approximate surface area is 128 Å². The second-order valence-electron chi connectivity index (χ2n) is 4.34. The van der Waals surface area contributed by atoms with Crippen LogP contribution < -0.4 is 0 Å². The van der Waals surface area contributed by atoms with Crippen LogP contribution in [0.1, 0.15) is 20.5 Å². The van der Waals surface area contributed by atoms with Crippen LogP contribution in [0.5, 0.6) is 0 Å². The highest BCUT2D eigenvalue weighted by molar-refractivity contribution is 7.13. The number of aromatic nitrogens is 3. The number of rotatable bonds is 4. The molecule has 3 rings (SSSR count). The number of halogens is 1. The molecule has 0 atom stereocenters. The molecule has 8 heteroatoms. The summed E-state index contributed by atoms with van der Waals surface area (Å²) in [4.78, 5) is 20.3. The summed E-state index contributed by atoms with van der Waals surface area (Å²) in [6.07, 6.45) is 1.46. The number of nitrogens with zero attached hydrogens (tertiary/aromatic N) is 3. The molecule has 112 valence electrons. The minimum absolute atomic E-state index is 0.111. The molecule has 2 aromatic heterocycles. The maximum absolute atomic E-state index is 12.9. The van der Waals surface area contributed by atoms with Crippen LogP contribution in [-0.2, 0) is 11.3 Å². The van der Waals surface area contributed by atoms with Gasteiger partial charge in [0.1, 0.15) is 10.7 Å². The van der Waals surface area contributed by atoms with E-state index in [0.717, 1.165) is 5.01 Å². The predicted molar refractivity (Wildman–Crippen MR) is 75.7 cm³/mol. The predicted octanol–water partition coefficient (Wildman–Crippen LogP) is 3.00. The zero-order valence-corrected chi connectivity index (χ0v) is 12.3. The van der Waals surface area contributed by atoms with Gasteiger partial charge in [-0.25, -0.2) is 14.2 Å². The molecule has 3 aromatic rings. The highest BCUT2D eigenvalue weighted by Gasteiger charge is 2.14. The zero-order valence-electron chi connectivity index (χ0n) is 11.4. The van der Waals surface area contributed by atoms with Gasteiger partial charge < -0.3 is 9.26 Å². The van der Waals surface area contributed by atoms with E-state index in [-0.39, 0.29) is 24.1 Å². The topological polar surface area (TPSA) is 78.1 Å². The first-order valence-electron chi connectivity index (χ1n) is 6.30. The second-order valence-corrected chi connectivity index (χ2v) is 5.58. The first-order valence-corrected chi connectivity index (χ1v) is 7.11. The summed E-state index contributed by atoms with van der Waals surface area (Å²) in [5.41, 5.74) is 0.588. The molecule has 1 aromatic carbocycles. The van der Waals surface area contributed by atoms with E-state index in [1.165, 1.54) is 41.8 Å². The molecule has 0 aliphatic heterocycles. The fourth-order valence-electron chi connectivity index (χ4n) is 1.68. The van der Waals surface area contributed by atoms with Crippen LogP contribution in [0.2, 0.25) is 0 Å². The van der Waals surface area contributed by atoms with Crippen molar-refractivity contribution in [3.05, 3.63) is 52.0 Å². The number of carbonyl (C=O) groups is 1. The third kappa shape index (κ3) is 3.17. The van der Waals surface area contributed by atoms with Gasteiger partial charge in [-0.1, -0.05) is 5.16 Å². The van der Waals surface area contributed by atoms with E-state index < -0.39 is 5.97 Å². The number of aryl methyl sites for hydroxylation is 1. The van der Waals surface area contributed by atoms with Gasteiger partial charge in [0.25, 0.3) is 5.89 Å². The zero-order chi connectivity index (χ0) is 15.5. The lowest BCUT2D eigenvalue weighted by molar-refractivity contribution is 0.0465. The van der Waals surface area contributed by atoms with E-state index in [4.69, 9.17) is 9.26 Å². The highest BCUT2D eigenvalue weighted by atomic mass is 32.1. The summed E-state index contributed by atoms with van der Waals surface area (Å²) in [5.74, 6) is -0.371. The normalized spacial score (nSPS) is 10.6. The van der Waals surface area contributed by atoms with Gasteiger partial charge in [0.05, 0.1) is 11.2 Å². The summed E-state index contributed by atoms with van der Waals surface area (Å²) in [7, 11) is 0. The minimum Gasteiger partial charge on any atom is -0.453 e. The van der Waals surface area contributed by atoms with Crippen molar-refractivity contribution in [3.8, 4) is 11.5 Å². The molecule has 0 saturated carbocycles. The molecular weight excluding hydrogens is 309 g/mol. The van der Waals surface area contributed by atoms with Crippen molar-refractivity contribution in [2.24, 2.45) is 0 Å². The van der Waals surface area contributed by atoms with E-state index in [1.54, 1.807) is 6.92 Å². The van der Waals surface area contributed by atoms with Gasteiger partial charge in [-0.3, -0.25) is 0 Å². The van der Waals surface area contributed by atoms with Gasteiger partial charge in [0, 0.05) is 5.56 Å². The standard InChI is InChI=1S/C14H10FN3O3S/c1-8-16-6-11(22-8)14(19)20-7-12-17-13(21-18-12)9-2-4-10(15)5-3-9/h2-6H,7H2,1H3. The van der Waals surface area contributed by atoms with Crippen molar-refractivity contribution in [1.82, 2.24) is 15.1 Å². The van der Waals surface area contributed by atoms with Crippen LogP contribution in [0.15, 0.2) is 35.0 Å². The third-order valence-corrected chi connectivity index (χ3v) is 3.61. The fourth-order valence-corrected chi connectivity index (χ4v) is 2.35. The Kier molecular flexibility index (Phi) is 3.92. The average Bonchev–Trinajstić information content (AvgIpc) is 3.15. The van der Waals surface area contributed by atoms with Crippen molar-refractivity contribution < 1.29 is 18.4 Å². The van der Waals surface area contributed by atoms with Crippen LogP contribution >= 0.6 is 11.3 Å². The number of thiazole rings is 1. The number of benzene rings is 1. The maximum atomic E-state index is 12.9. The number of hydrogen-bond donors (Lipinski definition) is 0. The Morgan fingerprint density at radius 2 is 2.14 bits per heavy atom. The molecule has 6 nitrogen and oxygen atoms in total. The quantitative estimate of drug-likeness (QED) is 0.688. The third-order valence-electron chi connectivity index (χ3n) is 2.71. The van der Waals surface area contributed by atoms with Crippen LogP contribution in [0.4, 0.5) is 4.39 Å². The molecule has 0 saturated heterocycles. The summed E-state index contributed by atoms with van der Waals surface area (Å²) >= 11 is 1.25. The van der Waals surface area contributed by atoms with E-state index in [0.29, 0.717) is 10.4 Å². The van der Waals surface area contributed by atoms with Crippen molar-refractivity contribution in [2.45, 2.75) is 13.5 Å². The molecular formula is C14H10FN3O3S. The molecule has 2 heterocycles. The lowest BCUT2D eigenvalue weighted by Crippen LogP contribution is -2.04. The molecule has 0 aliphatic carbocycles. The molecule has 0 bridgehead atoms. The van der Waals surface area contributed by atoms with Crippen molar-refractivity contribution in [2.75, 3.05) is 0 Å². The summed E-state index contributed by atoms with van der Waals surface area (Å²) in [6, 6.07) is 5.65. The molecule has 0 aliphatic rings. The average molecular weight is 319 g/mol. The van der Waals surface area contributed by atoms with Gasteiger partial charge in [-0.15, -0.1) is 11.3 Å². The number of hydrogen-bond acceptors (Lipinski definition) is 7. The van der Waals surface area contributed by atoms with Crippen molar-refractivity contribution >= 4 is 17.3 Å².